The third kappa shape index (κ3) is 3.58. The molecule has 0 aliphatic carbocycles. The van der Waals surface area contributed by atoms with Gasteiger partial charge in [-0.25, -0.2) is 4.79 Å². The van der Waals surface area contributed by atoms with Crippen molar-refractivity contribution in [2.24, 2.45) is 0 Å². The molecule has 0 radical (unpaired) electrons. The lowest BCUT2D eigenvalue weighted by Crippen LogP contribution is -2.20. The number of carbonyl (C=O) groups excluding carboxylic acids is 1. The van der Waals surface area contributed by atoms with Gasteiger partial charge in [-0.3, -0.25) is 0 Å². The van der Waals surface area contributed by atoms with Gasteiger partial charge in [-0.2, -0.15) is 0 Å². The quantitative estimate of drug-likeness (QED) is 0.717. The molecule has 0 aromatic carbocycles. The van der Waals surface area contributed by atoms with Crippen LogP contribution in [0.1, 0.15) is 12.8 Å². The highest BCUT2D eigenvalue weighted by molar-refractivity contribution is 8.77. The average molecular weight is 207 g/mol. The average Bonchev–Trinajstić information content (AvgIpc) is 2.57. The molecule has 0 spiro atoms. The number of rotatable bonds is 3. The summed E-state index contributed by atoms with van der Waals surface area (Å²) < 4.78 is 4.88. The van der Waals surface area contributed by atoms with Gasteiger partial charge in [-0.05, 0) is 12.8 Å². The van der Waals surface area contributed by atoms with E-state index in [1.807, 2.05) is 21.6 Å². The van der Waals surface area contributed by atoms with Gasteiger partial charge in [0, 0.05) is 18.1 Å². The maximum atomic E-state index is 10.6. The molecule has 1 heterocycles. The Bertz CT molecular complexity index is 148. The number of alkyl carbamates (subject to hydrolysis) is 1. The summed E-state index contributed by atoms with van der Waals surface area (Å²) in [6.07, 6.45) is 1.89. The molecule has 1 aliphatic rings. The van der Waals surface area contributed by atoms with Crippen LogP contribution in [0, 0.1) is 0 Å². The predicted molar refractivity (Wildman–Crippen MR) is 53.5 cm³/mol. The first-order valence-corrected chi connectivity index (χ1v) is 6.34. The highest BCUT2D eigenvalue weighted by Crippen LogP contribution is 2.38. The Morgan fingerprint density at radius 1 is 1.75 bits per heavy atom. The molecule has 1 amide bonds. The van der Waals surface area contributed by atoms with Crippen molar-refractivity contribution < 1.29 is 9.53 Å². The molecular weight excluding hydrogens is 194 g/mol. The van der Waals surface area contributed by atoms with E-state index in [9.17, 15) is 4.79 Å². The molecule has 1 unspecified atom stereocenters. The van der Waals surface area contributed by atoms with Crippen molar-refractivity contribution in [3.8, 4) is 0 Å². The molecule has 0 bridgehead atoms. The van der Waals surface area contributed by atoms with Crippen molar-refractivity contribution in [1.82, 2.24) is 5.32 Å². The number of carbonyl (C=O) groups is 1. The third-order valence-electron chi connectivity index (χ3n) is 1.60. The number of hydrogen-bond donors (Lipinski definition) is 1. The van der Waals surface area contributed by atoms with Crippen molar-refractivity contribution in [2.45, 2.75) is 18.1 Å². The van der Waals surface area contributed by atoms with Crippen LogP contribution in [0.3, 0.4) is 0 Å². The Labute approximate surface area is 80.4 Å². The molecule has 0 saturated carbocycles. The topological polar surface area (TPSA) is 38.3 Å². The molecular formula is C7H13NO2S2. The number of hydrogen-bond acceptors (Lipinski definition) is 4. The maximum absolute atomic E-state index is 10.6. The molecule has 1 N–H and O–H groups in total. The summed E-state index contributed by atoms with van der Waals surface area (Å²) in [6, 6.07) is 0. The van der Waals surface area contributed by atoms with Crippen LogP contribution in [0.4, 0.5) is 4.79 Å². The van der Waals surface area contributed by atoms with E-state index in [1.165, 1.54) is 12.2 Å². The van der Waals surface area contributed by atoms with Crippen LogP contribution in [-0.2, 0) is 4.74 Å². The van der Waals surface area contributed by atoms with Crippen LogP contribution in [0.15, 0.2) is 0 Å². The van der Waals surface area contributed by atoms with Crippen LogP contribution >= 0.6 is 21.6 Å². The summed E-state index contributed by atoms with van der Waals surface area (Å²) in [5.41, 5.74) is 0. The second-order valence-corrected chi connectivity index (χ2v) is 5.29. The molecule has 0 aromatic heterocycles. The van der Waals surface area contributed by atoms with Crippen LogP contribution in [0.2, 0.25) is 0 Å². The molecule has 1 saturated heterocycles. The van der Waals surface area contributed by atoms with E-state index >= 15 is 0 Å². The molecule has 70 valence electrons. The van der Waals surface area contributed by atoms with Crippen LogP contribution < -0.4 is 5.32 Å². The second-order valence-electron chi connectivity index (χ2n) is 2.50. The Morgan fingerprint density at radius 2 is 2.58 bits per heavy atom. The molecule has 1 atom stereocenters. The Morgan fingerprint density at radius 3 is 3.17 bits per heavy atom. The van der Waals surface area contributed by atoms with Gasteiger partial charge in [0.05, 0.1) is 6.61 Å². The van der Waals surface area contributed by atoms with Gasteiger partial charge in [0.2, 0.25) is 0 Å². The van der Waals surface area contributed by atoms with E-state index in [4.69, 9.17) is 4.74 Å². The highest BCUT2D eigenvalue weighted by atomic mass is 33.1. The fraction of sp³-hybridized carbons (Fsp3) is 0.857. The highest BCUT2D eigenvalue weighted by Gasteiger charge is 2.16. The predicted octanol–water partition coefficient (Wildman–Crippen LogP) is 1.89. The number of nitrogens with one attached hydrogen (secondary N) is 1. The minimum Gasteiger partial charge on any atom is -0.450 e. The van der Waals surface area contributed by atoms with Gasteiger partial charge >= 0.3 is 6.09 Å². The number of amides is 1. The first-order chi connectivity index (χ1) is 5.83. The molecule has 1 aliphatic heterocycles. The summed E-state index contributed by atoms with van der Waals surface area (Å²) in [7, 11) is 5.39. The van der Waals surface area contributed by atoms with E-state index in [0.29, 0.717) is 11.9 Å². The first-order valence-electron chi connectivity index (χ1n) is 3.95. The van der Waals surface area contributed by atoms with Crippen molar-refractivity contribution in [3.63, 3.8) is 0 Å². The van der Waals surface area contributed by atoms with Crippen LogP contribution in [0.25, 0.3) is 0 Å². The molecule has 12 heavy (non-hydrogen) atoms. The maximum Gasteiger partial charge on any atom is 0.406 e. The summed E-state index contributed by atoms with van der Waals surface area (Å²) >= 11 is 0. The third-order valence-corrected chi connectivity index (χ3v) is 4.61. The molecule has 1 fully saturated rings. The molecule has 1 rings (SSSR count). The Kier molecular flexibility index (Phi) is 4.68. The Balaban J connectivity index is 1.97. The van der Waals surface area contributed by atoms with Crippen LogP contribution in [0.5, 0.6) is 0 Å². The van der Waals surface area contributed by atoms with Gasteiger partial charge in [-0.1, -0.05) is 21.6 Å². The summed E-state index contributed by atoms with van der Waals surface area (Å²) in [4.78, 5) is 10.6. The number of ether oxygens (including phenoxy) is 1. The van der Waals surface area contributed by atoms with Gasteiger partial charge in [0.25, 0.3) is 0 Å². The SMILES string of the molecule is CNC(=O)OCCC1CCSS1. The normalized spacial score (nSPS) is 22.2. The van der Waals surface area contributed by atoms with E-state index in [0.717, 1.165) is 6.42 Å². The van der Waals surface area contributed by atoms with Crippen LogP contribution in [-0.4, -0.2) is 30.8 Å². The molecule has 0 aromatic rings. The van der Waals surface area contributed by atoms with Gasteiger partial charge < -0.3 is 10.1 Å². The Hall–Kier alpha value is -0.0300. The fourth-order valence-electron chi connectivity index (χ4n) is 0.920. The zero-order valence-electron chi connectivity index (χ0n) is 7.04. The van der Waals surface area contributed by atoms with Crippen molar-refractivity contribution in [1.29, 1.82) is 0 Å². The van der Waals surface area contributed by atoms with Crippen molar-refractivity contribution >= 4 is 27.7 Å². The van der Waals surface area contributed by atoms with E-state index in [2.05, 4.69) is 5.32 Å². The lowest BCUT2D eigenvalue weighted by Gasteiger charge is -2.07. The van der Waals surface area contributed by atoms with E-state index in [1.54, 1.807) is 7.05 Å². The fourth-order valence-corrected chi connectivity index (χ4v) is 3.88. The monoisotopic (exact) mass is 207 g/mol. The minimum absolute atomic E-state index is 0.328. The van der Waals surface area contributed by atoms with E-state index in [-0.39, 0.29) is 6.09 Å². The van der Waals surface area contributed by atoms with E-state index < -0.39 is 0 Å². The largest absolute Gasteiger partial charge is 0.450 e. The van der Waals surface area contributed by atoms with Gasteiger partial charge in [0.15, 0.2) is 0 Å². The zero-order valence-corrected chi connectivity index (χ0v) is 8.67. The van der Waals surface area contributed by atoms with Crippen molar-refractivity contribution in [3.05, 3.63) is 0 Å². The standard InChI is InChI=1S/C7H13NO2S2/c1-8-7(9)10-4-2-6-3-5-11-12-6/h6H,2-5H2,1H3,(H,8,9). The molecule has 5 heteroatoms. The lowest BCUT2D eigenvalue weighted by molar-refractivity contribution is 0.147. The summed E-state index contributed by atoms with van der Waals surface area (Å²) in [5.74, 6) is 1.23. The minimum atomic E-state index is -0.328. The summed E-state index contributed by atoms with van der Waals surface area (Å²) in [6.45, 7) is 0.540. The lowest BCUT2D eigenvalue weighted by atomic mass is 10.2. The summed E-state index contributed by atoms with van der Waals surface area (Å²) in [5, 5.41) is 3.10. The first kappa shape index (κ1) is 10.1. The van der Waals surface area contributed by atoms with Crippen molar-refractivity contribution in [2.75, 3.05) is 19.4 Å². The molecule has 3 nitrogen and oxygen atoms in total. The zero-order chi connectivity index (χ0) is 8.81. The van der Waals surface area contributed by atoms with Gasteiger partial charge in [0.1, 0.15) is 0 Å². The smallest absolute Gasteiger partial charge is 0.406 e. The second kappa shape index (κ2) is 5.59. The van der Waals surface area contributed by atoms with Gasteiger partial charge in [-0.15, -0.1) is 0 Å².